The first-order valence-corrected chi connectivity index (χ1v) is 10.8. The fourth-order valence-corrected chi connectivity index (χ4v) is 3.95. The third kappa shape index (κ3) is 4.35. The molecule has 4 rings (SSSR count). The van der Waals surface area contributed by atoms with Gasteiger partial charge in [0.15, 0.2) is 11.5 Å². The molecule has 1 aromatic heterocycles. The molecule has 1 unspecified atom stereocenters. The molecular weight excluding hydrogens is 422 g/mol. The zero-order chi connectivity index (χ0) is 23.4. The molecule has 1 N–H and O–H groups in total. The summed E-state index contributed by atoms with van der Waals surface area (Å²) in [4.78, 5) is 27.6. The number of ketones is 1. The summed E-state index contributed by atoms with van der Waals surface area (Å²) in [6.45, 7) is 4.69. The van der Waals surface area contributed by atoms with Gasteiger partial charge in [-0.25, -0.2) is 0 Å². The van der Waals surface area contributed by atoms with Crippen LogP contribution in [0.15, 0.2) is 76.9 Å². The number of likely N-dealkylation sites (tertiary alicyclic amines) is 1. The summed E-state index contributed by atoms with van der Waals surface area (Å²) in [6.07, 6.45) is 1.51. The van der Waals surface area contributed by atoms with Crippen molar-refractivity contribution < 1.29 is 28.6 Å². The number of rotatable bonds is 8. The second-order valence-electron chi connectivity index (χ2n) is 7.44. The Hall–Kier alpha value is -4.00. The monoisotopic (exact) mass is 447 g/mol. The van der Waals surface area contributed by atoms with Gasteiger partial charge in [-0.05, 0) is 43.7 Å². The summed E-state index contributed by atoms with van der Waals surface area (Å²) in [5, 5.41) is 11.1. The highest BCUT2D eigenvalue weighted by atomic mass is 16.5. The third-order valence-electron chi connectivity index (χ3n) is 5.38. The minimum Gasteiger partial charge on any atom is -0.507 e. The summed E-state index contributed by atoms with van der Waals surface area (Å²) in [5.74, 6) is -0.0971. The van der Waals surface area contributed by atoms with Crippen molar-refractivity contribution in [3.8, 4) is 11.5 Å². The number of Topliss-reactive ketones (excluding diaryl/α,β-unsaturated/α-hetero) is 1. The number of hydrogen-bond acceptors (Lipinski definition) is 6. The van der Waals surface area contributed by atoms with Crippen molar-refractivity contribution in [3.05, 3.63) is 89.4 Å². The molecular formula is C26H25NO6. The van der Waals surface area contributed by atoms with Gasteiger partial charge in [0, 0.05) is 5.56 Å². The maximum atomic E-state index is 13.1. The van der Waals surface area contributed by atoms with Gasteiger partial charge in [-0.1, -0.05) is 36.4 Å². The molecule has 2 aromatic carbocycles. The van der Waals surface area contributed by atoms with E-state index in [1.165, 1.54) is 11.2 Å². The van der Waals surface area contributed by atoms with E-state index in [0.717, 1.165) is 0 Å². The number of nitrogens with zero attached hydrogens (tertiary/aromatic N) is 1. The molecule has 0 bridgehead atoms. The Kier molecular flexibility index (Phi) is 6.49. The van der Waals surface area contributed by atoms with Crippen LogP contribution in [-0.2, 0) is 16.1 Å². The Labute approximate surface area is 191 Å². The molecule has 1 saturated heterocycles. The van der Waals surface area contributed by atoms with Gasteiger partial charge in [0.05, 0.1) is 37.6 Å². The van der Waals surface area contributed by atoms with Gasteiger partial charge in [0.1, 0.15) is 11.5 Å². The Bertz CT molecular complexity index is 1170. The van der Waals surface area contributed by atoms with Gasteiger partial charge in [0.2, 0.25) is 0 Å². The summed E-state index contributed by atoms with van der Waals surface area (Å²) in [5.41, 5.74) is 1.09. The zero-order valence-corrected chi connectivity index (χ0v) is 18.5. The van der Waals surface area contributed by atoms with Crippen LogP contribution < -0.4 is 9.47 Å². The van der Waals surface area contributed by atoms with Crippen molar-refractivity contribution in [2.24, 2.45) is 0 Å². The quantitative estimate of drug-likeness (QED) is 0.306. The van der Waals surface area contributed by atoms with E-state index in [9.17, 15) is 14.7 Å². The number of furan rings is 1. The summed E-state index contributed by atoms with van der Waals surface area (Å²) < 4.78 is 16.8. The Morgan fingerprint density at radius 3 is 2.36 bits per heavy atom. The smallest absolute Gasteiger partial charge is 0.296 e. The molecule has 7 nitrogen and oxygen atoms in total. The standard InChI is InChI=1S/C26H25NO6/c1-3-31-20-13-12-18(15-21(20)32-4-2)23-22(24(28)17-9-6-5-7-10-17)25(29)26(30)27(23)16-19-11-8-14-33-19/h5-15,23,28H,3-4,16H2,1-2H3/b24-22+. The molecule has 170 valence electrons. The van der Waals surface area contributed by atoms with Gasteiger partial charge in [-0.15, -0.1) is 0 Å². The molecule has 1 aliphatic heterocycles. The van der Waals surface area contributed by atoms with Crippen molar-refractivity contribution in [1.82, 2.24) is 4.90 Å². The third-order valence-corrected chi connectivity index (χ3v) is 5.38. The first-order chi connectivity index (χ1) is 16.0. The highest BCUT2D eigenvalue weighted by molar-refractivity contribution is 6.46. The molecule has 0 saturated carbocycles. The average Bonchev–Trinajstić information content (AvgIpc) is 3.43. The van der Waals surface area contributed by atoms with Crippen molar-refractivity contribution in [3.63, 3.8) is 0 Å². The molecule has 3 aromatic rings. The van der Waals surface area contributed by atoms with Crippen molar-refractivity contribution in [1.29, 1.82) is 0 Å². The lowest BCUT2D eigenvalue weighted by Crippen LogP contribution is -2.29. The molecule has 0 spiro atoms. The van der Waals surface area contributed by atoms with Crippen LogP contribution in [0.2, 0.25) is 0 Å². The van der Waals surface area contributed by atoms with Gasteiger partial charge in [0.25, 0.3) is 11.7 Å². The van der Waals surface area contributed by atoms with E-state index in [2.05, 4.69) is 0 Å². The lowest BCUT2D eigenvalue weighted by atomic mass is 9.95. The lowest BCUT2D eigenvalue weighted by molar-refractivity contribution is -0.140. The first-order valence-electron chi connectivity index (χ1n) is 10.8. The number of hydrogen-bond donors (Lipinski definition) is 1. The molecule has 0 radical (unpaired) electrons. The maximum Gasteiger partial charge on any atom is 0.296 e. The van der Waals surface area contributed by atoms with Crippen LogP contribution in [0.25, 0.3) is 5.76 Å². The summed E-state index contributed by atoms with van der Waals surface area (Å²) >= 11 is 0. The fourth-order valence-electron chi connectivity index (χ4n) is 3.95. The highest BCUT2D eigenvalue weighted by Crippen LogP contribution is 2.42. The number of ether oxygens (including phenoxy) is 2. The molecule has 1 fully saturated rings. The Balaban J connectivity index is 1.87. The van der Waals surface area contributed by atoms with Crippen LogP contribution >= 0.6 is 0 Å². The van der Waals surface area contributed by atoms with Gasteiger partial charge >= 0.3 is 0 Å². The number of carbonyl (C=O) groups excluding carboxylic acids is 2. The molecule has 1 aliphatic rings. The molecule has 33 heavy (non-hydrogen) atoms. The predicted octanol–water partition coefficient (Wildman–Crippen LogP) is 4.70. The second-order valence-corrected chi connectivity index (χ2v) is 7.44. The van der Waals surface area contributed by atoms with Gasteiger partial charge in [-0.2, -0.15) is 0 Å². The Morgan fingerprint density at radius 1 is 0.970 bits per heavy atom. The van der Waals surface area contributed by atoms with E-state index in [1.54, 1.807) is 54.6 Å². The molecule has 0 aliphatic carbocycles. The van der Waals surface area contributed by atoms with E-state index >= 15 is 0 Å². The number of aliphatic hydroxyl groups is 1. The number of amides is 1. The van der Waals surface area contributed by atoms with Crippen molar-refractivity contribution in [2.45, 2.75) is 26.4 Å². The van der Waals surface area contributed by atoms with Gasteiger partial charge < -0.3 is 23.9 Å². The van der Waals surface area contributed by atoms with Crippen LogP contribution in [0.4, 0.5) is 0 Å². The molecule has 2 heterocycles. The van der Waals surface area contributed by atoms with E-state index < -0.39 is 17.7 Å². The first kappa shape index (κ1) is 22.2. The highest BCUT2D eigenvalue weighted by Gasteiger charge is 2.46. The van der Waals surface area contributed by atoms with Gasteiger partial charge in [-0.3, -0.25) is 9.59 Å². The molecule has 7 heteroatoms. The van der Waals surface area contributed by atoms with Crippen LogP contribution in [0.1, 0.15) is 36.8 Å². The number of carbonyl (C=O) groups is 2. The summed E-state index contributed by atoms with van der Waals surface area (Å²) in [7, 11) is 0. The number of aliphatic hydroxyl groups excluding tert-OH is 1. The van der Waals surface area contributed by atoms with E-state index in [0.29, 0.717) is 41.6 Å². The van der Waals surface area contributed by atoms with E-state index in [1.807, 2.05) is 19.9 Å². The molecule has 1 atom stereocenters. The zero-order valence-electron chi connectivity index (χ0n) is 18.5. The van der Waals surface area contributed by atoms with Crippen molar-refractivity contribution in [2.75, 3.05) is 13.2 Å². The fraction of sp³-hybridized carbons (Fsp3) is 0.231. The minimum absolute atomic E-state index is 0.0179. The largest absolute Gasteiger partial charge is 0.507 e. The van der Waals surface area contributed by atoms with Crippen molar-refractivity contribution >= 4 is 17.4 Å². The van der Waals surface area contributed by atoms with Crippen LogP contribution in [0.5, 0.6) is 11.5 Å². The predicted molar refractivity (Wildman–Crippen MR) is 122 cm³/mol. The topological polar surface area (TPSA) is 89.2 Å². The average molecular weight is 447 g/mol. The van der Waals surface area contributed by atoms with Crippen LogP contribution in [-0.4, -0.2) is 34.9 Å². The van der Waals surface area contributed by atoms with Crippen LogP contribution in [0, 0.1) is 0 Å². The maximum absolute atomic E-state index is 13.1. The Morgan fingerprint density at radius 2 is 1.70 bits per heavy atom. The number of benzene rings is 2. The van der Waals surface area contributed by atoms with Crippen LogP contribution in [0.3, 0.4) is 0 Å². The summed E-state index contributed by atoms with van der Waals surface area (Å²) in [6, 6.07) is 16.6. The van der Waals surface area contributed by atoms with E-state index in [4.69, 9.17) is 13.9 Å². The van der Waals surface area contributed by atoms with E-state index in [-0.39, 0.29) is 17.9 Å². The lowest BCUT2D eigenvalue weighted by Gasteiger charge is -2.25. The molecule has 1 amide bonds. The minimum atomic E-state index is -0.829. The second kappa shape index (κ2) is 9.65. The SMILES string of the molecule is CCOc1ccc(C2/C(=C(\O)c3ccccc3)C(=O)C(=O)N2Cc2ccco2)cc1OCC. The normalized spacial score (nSPS) is 17.4.